The van der Waals surface area contributed by atoms with Crippen LogP contribution in [0.15, 0.2) is 70.4 Å². The number of para-hydroxylation sites is 1. The SMILES string of the molecule is CC1=C(C(=O)Nc2ccc3[nH]ncc3c2)C(c2cc3ccccc3o2)NC(=O)N1. The maximum Gasteiger partial charge on any atom is 0.319 e. The molecule has 144 valence electrons. The molecule has 8 heteroatoms. The summed E-state index contributed by atoms with van der Waals surface area (Å²) < 4.78 is 5.91. The van der Waals surface area contributed by atoms with Crippen molar-refractivity contribution in [3.63, 3.8) is 0 Å². The monoisotopic (exact) mass is 387 g/mol. The Morgan fingerprint density at radius 1 is 1.14 bits per heavy atom. The van der Waals surface area contributed by atoms with E-state index in [2.05, 4.69) is 26.1 Å². The van der Waals surface area contributed by atoms with Crippen LogP contribution in [-0.4, -0.2) is 22.1 Å². The van der Waals surface area contributed by atoms with Gasteiger partial charge in [-0.05, 0) is 37.3 Å². The van der Waals surface area contributed by atoms with Crippen molar-refractivity contribution in [3.8, 4) is 0 Å². The molecule has 0 bridgehead atoms. The van der Waals surface area contributed by atoms with E-state index in [1.54, 1.807) is 19.2 Å². The number of amides is 3. The molecule has 1 aliphatic heterocycles. The smallest absolute Gasteiger partial charge is 0.319 e. The Morgan fingerprint density at radius 2 is 2.00 bits per heavy atom. The maximum absolute atomic E-state index is 13.1. The number of H-pyrrole nitrogens is 1. The minimum Gasteiger partial charge on any atom is -0.458 e. The van der Waals surface area contributed by atoms with Crippen LogP contribution in [0.25, 0.3) is 21.9 Å². The second-order valence-electron chi connectivity index (χ2n) is 6.88. The minimum absolute atomic E-state index is 0.330. The lowest BCUT2D eigenvalue weighted by molar-refractivity contribution is -0.113. The van der Waals surface area contributed by atoms with Crippen molar-refractivity contribution in [3.05, 3.63) is 71.8 Å². The molecule has 0 spiro atoms. The van der Waals surface area contributed by atoms with Crippen LogP contribution in [0, 0.1) is 0 Å². The van der Waals surface area contributed by atoms with E-state index in [-0.39, 0.29) is 11.9 Å². The van der Waals surface area contributed by atoms with E-state index in [0.29, 0.717) is 28.3 Å². The molecule has 0 fully saturated rings. The van der Waals surface area contributed by atoms with Crippen LogP contribution in [0.1, 0.15) is 18.7 Å². The van der Waals surface area contributed by atoms with Crippen molar-refractivity contribution in [2.75, 3.05) is 5.32 Å². The minimum atomic E-state index is -0.700. The number of fused-ring (bicyclic) bond motifs is 2. The number of furan rings is 1. The summed E-state index contributed by atoms with van der Waals surface area (Å²) in [7, 11) is 0. The van der Waals surface area contributed by atoms with Crippen molar-refractivity contribution in [1.29, 1.82) is 0 Å². The van der Waals surface area contributed by atoms with Crippen LogP contribution in [0.3, 0.4) is 0 Å². The summed E-state index contributed by atoms with van der Waals surface area (Å²) in [5.74, 6) is 0.166. The van der Waals surface area contributed by atoms with Gasteiger partial charge in [-0.1, -0.05) is 18.2 Å². The van der Waals surface area contributed by atoms with Crippen LogP contribution in [0.4, 0.5) is 10.5 Å². The fourth-order valence-corrected chi connectivity index (χ4v) is 3.57. The van der Waals surface area contributed by atoms with Gasteiger partial charge in [0.1, 0.15) is 17.4 Å². The van der Waals surface area contributed by atoms with Gasteiger partial charge >= 0.3 is 6.03 Å². The van der Waals surface area contributed by atoms with E-state index >= 15 is 0 Å². The second-order valence-corrected chi connectivity index (χ2v) is 6.88. The molecule has 2 aromatic carbocycles. The van der Waals surface area contributed by atoms with Gasteiger partial charge < -0.3 is 20.4 Å². The molecular weight excluding hydrogens is 370 g/mol. The molecule has 4 N–H and O–H groups in total. The highest BCUT2D eigenvalue weighted by molar-refractivity contribution is 6.07. The Labute approximate surface area is 165 Å². The summed E-state index contributed by atoms with van der Waals surface area (Å²) in [6, 6.07) is 13.8. The molecule has 0 aliphatic carbocycles. The number of nitrogens with one attached hydrogen (secondary N) is 4. The highest BCUT2D eigenvalue weighted by atomic mass is 16.3. The average molecular weight is 387 g/mol. The number of carbonyl (C=O) groups is 2. The van der Waals surface area contributed by atoms with Crippen molar-refractivity contribution in [2.24, 2.45) is 0 Å². The normalized spacial score (nSPS) is 16.7. The number of hydrogen-bond acceptors (Lipinski definition) is 4. The summed E-state index contributed by atoms with van der Waals surface area (Å²) in [5.41, 5.74) is 3.06. The van der Waals surface area contributed by atoms with E-state index in [1.807, 2.05) is 42.5 Å². The summed E-state index contributed by atoms with van der Waals surface area (Å²) in [6.07, 6.45) is 1.69. The van der Waals surface area contributed by atoms with E-state index in [4.69, 9.17) is 4.42 Å². The van der Waals surface area contributed by atoms with E-state index in [0.717, 1.165) is 16.3 Å². The highest BCUT2D eigenvalue weighted by Crippen LogP contribution is 2.32. The molecule has 3 heterocycles. The lowest BCUT2D eigenvalue weighted by Gasteiger charge is -2.27. The van der Waals surface area contributed by atoms with Crippen LogP contribution in [0.5, 0.6) is 0 Å². The second kappa shape index (κ2) is 6.52. The van der Waals surface area contributed by atoms with Gasteiger partial charge in [-0.3, -0.25) is 9.89 Å². The zero-order valence-electron chi connectivity index (χ0n) is 15.4. The summed E-state index contributed by atoms with van der Waals surface area (Å²) >= 11 is 0. The number of aromatic amines is 1. The quantitative estimate of drug-likeness (QED) is 0.430. The van der Waals surface area contributed by atoms with Gasteiger partial charge in [-0.25, -0.2) is 4.79 Å². The molecule has 8 nitrogen and oxygen atoms in total. The highest BCUT2D eigenvalue weighted by Gasteiger charge is 2.33. The first-order valence-electron chi connectivity index (χ1n) is 9.10. The first-order valence-corrected chi connectivity index (χ1v) is 9.10. The lowest BCUT2D eigenvalue weighted by Crippen LogP contribution is -2.45. The number of benzene rings is 2. The molecule has 2 aromatic heterocycles. The number of hydrogen-bond donors (Lipinski definition) is 4. The van der Waals surface area contributed by atoms with Gasteiger partial charge in [-0.2, -0.15) is 5.10 Å². The topological polar surface area (TPSA) is 112 Å². The standard InChI is InChI=1S/C21H17N5O3/c1-11-18(20(27)24-14-6-7-15-13(8-14)10-22-26-15)19(25-21(28)23-11)17-9-12-4-2-3-5-16(12)29-17/h2-10,19H,1H3,(H,22,26)(H,24,27)(H2,23,25,28). The third kappa shape index (κ3) is 3.00. The van der Waals surface area contributed by atoms with Crippen LogP contribution >= 0.6 is 0 Å². The fraction of sp³-hybridized carbons (Fsp3) is 0.0952. The maximum atomic E-state index is 13.1. The van der Waals surface area contributed by atoms with E-state index < -0.39 is 6.04 Å². The number of aromatic nitrogens is 2. The van der Waals surface area contributed by atoms with Gasteiger partial charge in [0.05, 0.1) is 17.3 Å². The number of nitrogens with zero attached hydrogens (tertiary/aromatic N) is 1. The van der Waals surface area contributed by atoms with Gasteiger partial charge in [0.2, 0.25) is 0 Å². The van der Waals surface area contributed by atoms with Gasteiger partial charge in [-0.15, -0.1) is 0 Å². The Kier molecular flexibility index (Phi) is 3.83. The van der Waals surface area contributed by atoms with Crippen LogP contribution in [0.2, 0.25) is 0 Å². The molecule has 1 atom stereocenters. The Balaban J connectivity index is 1.51. The van der Waals surface area contributed by atoms with Crippen LogP contribution in [-0.2, 0) is 4.79 Å². The van der Waals surface area contributed by atoms with Crippen LogP contribution < -0.4 is 16.0 Å². The molecule has 0 saturated heterocycles. The number of carbonyl (C=O) groups excluding carboxylic acids is 2. The van der Waals surface area contributed by atoms with Crippen molar-refractivity contribution < 1.29 is 14.0 Å². The fourth-order valence-electron chi connectivity index (χ4n) is 3.57. The predicted octanol–water partition coefficient (Wildman–Crippen LogP) is 3.58. The van der Waals surface area contributed by atoms with Gasteiger partial charge in [0, 0.05) is 22.2 Å². The van der Waals surface area contributed by atoms with Crippen molar-refractivity contribution in [1.82, 2.24) is 20.8 Å². The predicted molar refractivity (Wildman–Crippen MR) is 108 cm³/mol. The first kappa shape index (κ1) is 17.1. The summed E-state index contributed by atoms with van der Waals surface area (Å²) in [6.45, 7) is 1.70. The zero-order chi connectivity index (χ0) is 20.0. The first-order chi connectivity index (χ1) is 14.1. The molecule has 29 heavy (non-hydrogen) atoms. The number of anilines is 1. The summed E-state index contributed by atoms with van der Waals surface area (Å²) in [4.78, 5) is 25.2. The molecule has 3 amide bonds. The third-order valence-corrected chi connectivity index (χ3v) is 4.94. The number of rotatable bonds is 3. The molecule has 1 aliphatic rings. The third-order valence-electron chi connectivity index (χ3n) is 4.94. The molecule has 0 saturated carbocycles. The number of urea groups is 1. The zero-order valence-corrected chi connectivity index (χ0v) is 15.4. The molecular formula is C21H17N5O3. The largest absolute Gasteiger partial charge is 0.458 e. The molecule has 1 unspecified atom stereocenters. The Morgan fingerprint density at radius 3 is 2.86 bits per heavy atom. The number of allylic oxidation sites excluding steroid dienone is 1. The average Bonchev–Trinajstić information content (AvgIpc) is 3.33. The summed E-state index contributed by atoms with van der Waals surface area (Å²) in [5, 5.41) is 17.0. The molecule has 5 rings (SSSR count). The Hall–Kier alpha value is -4.07. The molecule has 4 aromatic rings. The van der Waals surface area contributed by atoms with Crippen molar-refractivity contribution >= 4 is 39.5 Å². The van der Waals surface area contributed by atoms with Gasteiger partial charge in [0.15, 0.2) is 0 Å². The van der Waals surface area contributed by atoms with Gasteiger partial charge in [0.25, 0.3) is 5.91 Å². The Bertz CT molecular complexity index is 1270. The van der Waals surface area contributed by atoms with E-state index in [1.165, 1.54) is 0 Å². The van der Waals surface area contributed by atoms with Crippen molar-refractivity contribution in [2.45, 2.75) is 13.0 Å². The molecule has 0 radical (unpaired) electrons. The lowest BCUT2D eigenvalue weighted by atomic mass is 9.99. The van der Waals surface area contributed by atoms with E-state index in [9.17, 15) is 9.59 Å².